The number of nitrogens with one attached hydrogen (secondary N) is 1. The van der Waals surface area contributed by atoms with E-state index < -0.39 is 0 Å². The number of anilines is 1. The summed E-state index contributed by atoms with van der Waals surface area (Å²) >= 11 is 1.74. The molecule has 3 rings (SSSR count). The molecule has 0 radical (unpaired) electrons. The third-order valence-electron chi connectivity index (χ3n) is 2.53. The van der Waals surface area contributed by atoms with E-state index in [1.165, 1.54) is 17.5 Å². The second kappa shape index (κ2) is 3.24. The van der Waals surface area contributed by atoms with Crippen LogP contribution in [0, 0.1) is 5.92 Å². The van der Waals surface area contributed by atoms with Crippen molar-refractivity contribution in [3.63, 3.8) is 0 Å². The number of nitrogens with zero attached hydrogens (tertiary/aromatic N) is 1. The Labute approximate surface area is 87.0 Å². The quantitative estimate of drug-likeness (QED) is 0.831. The number of para-hydroxylation sites is 1. The van der Waals surface area contributed by atoms with Gasteiger partial charge in [0.05, 0.1) is 10.2 Å². The summed E-state index contributed by atoms with van der Waals surface area (Å²) in [5.74, 6) is 0.905. The lowest BCUT2D eigenvalue weighted by molar-refractivity contribution is 0.888. The minimum atomic E-state index is 0.905. The molecule has 1 aromatic carbocycles. The van der Waals surface area contributed by atoms with Gasteiger partial charge in [0.2, 0.25) is 0 Å². The molecule has 1 heterocycles. The molecule has 1 aliphatic carbocycles. The lowest BCUT2D eigenvalue weighted by Crippen LogP contribution is -2.01. The third kappa shape index (κ3) is 1.60. The van der Waals surface area contributed by atoms with Crippen molar-refractivity contribution < 1.29 is 0 Å². The van der Waals surface area contributed by atoms with Gasteiger partial charge in [-0.25, -0.2) is 4.98 Å². The molecule has 1 aliphatic rings. The van der Waals surface area contributed by atoms with Gasteiger partial charge in [0.1, 0.15) is 0 Å². The third-order valence-corrected chi connectivity index (χ3v) is 3.53. The molecule has 0 unspecified atom stereocenters. The summed E-state index contributed by atoms with van der Waals surface area (Å²) in [5, 5.41) is 4.47. The number of rotatable bonds is 3. The Morgan fingerprint density at radius 1 is 1.36 bits per heavy atom. The first-order valence-electron chi connectivity index (χ1n) is 5.01. The van der Waals surface area contributed by atoms with E-state index in [-0.39, 0.29) is 0 Å². The number of hydrogen-bond donors (Lipinski definition) is 1. The topological polar surface area (TPSA) is 24.9 Å². The molecule has 1 aromatic heterocycles. The SMILES string of the molecule is c1ccc2sc(NCC3CC3)nc2c1. The van der Waals surface area contributed by atoms with E-state index in [9.17, 15) is 0 Å². The molecule has 1 fully saturated rings. The van der Waals surface area contributed by atoms with E-state index in [2.05, 4.69) is 28.5 Å². The van der Waals surface area contributed by atoms with Crippen LogP contribution >= 0.6 is 11.3 Å². The Morgan fingerprint density at radius 2 is 2.21 bits per heavy atom. The highest BCUT2D eigenvalue weighted by atomic mass is 32.1. The van der Waals surface area contributed by atoms with Crippen LogP contribution in [0.5, 0.6) is 0 Å². The van der Waals surface area contributed by atoms with Crippen LogP contribution in [-0.4, -0.2) is 11.5 Å². The zero-order valence-corrected chi connectivity index (χ0v) is 8.68. The summed E-state index contributed by atoms with van der Waals surface area (Å²) in [6, 6.07) is 8.28. The summed E-state index contributed by atoms with van der Waals surface area (Å²) in [6.07, 6.45) is 2.77. The molecule has 2 nitrogen and oxygen atoms in total. The van der Waals surface area contributed by atoms with Crippen molar-refractivity contribution in [2.24, 2.45) is 5.92 Å². The standard InChI is InChI=1S/C11H12N2S/c1-2-4-10-9(3-1)13-11(14-10)12-7-8-5-6-8/h1-4,8H,5-7H2,(H,12,13). The molecule has 14 heavy (non-hydrogen) atoms. The Morgan fingerprint density at radius 3 is 3.00 bits per heavy atom. The number of hydrogen-bond acceptors (Lipinski definition) is 3. The summed E-state index contributed by atoms with van der Waals surface area (Å²) in [5.41, 5.74) is 1.11. The zero-order valence-electron chi connectivity index (χ0n) is 7.86. The number of benzene rings is 1. The number of thiazole rings is 1. The Bertz CT molecular complexity index is 412. The first kappa shape index (κ1) is 8.24. The smallest absolute Gasteiger partial charge is 0.183 e. The van der Waals surface area contributed by atoms with Crippen LogP contribution in [0.2, 0.25) is 0 Å². The molecule has 1 saturated carbocycles. The largest absolute Gasteiger partial charge is 0.361 e. The van der Waals surface area contributed by atoms with Gasteiger partial charge in [-0.1, -0.05) is 23.5 Å². The molecule has 0 bridgehead atoms. The highest BCUT2D eigenvalue weighted by Gasteiger charge is 2.20. The van der Waals surface area contributed by atoms with Crippen molar-refractivity contribution in [1.82, 2.24) is 4.98 Å². The fourth-order valence-electron chi connectivity index (χ4n) is 1.50. The van der Waals surface area contributed by atoms with Crippen LogP contribution in [0.3, 0.4) is 0 Å². The second-order valence-electron chi connectivity index (χ2n) is 3.81. The van der Waals surface area contributed by atoms with Crippen LogP contribution in [0.1, 0.15) is 12.8 Å². The molecule has 1 N–H and O–H groups in total. The van der Waals surface area contributed by atoms with Crippen molar-refractivity contribution in [1.29, 1.82) is 0 Å². The fourth-order valence-corrected chi connectivity index (χ4v) is 2.37. The Balaban J connectivity index is 1.82. The van der Waals surface area contributed by atoms with Gasteiger partial charge >= 0.3 is 0 Å². The van der Waals surface area contributed by atoms with Crippen LogP contribution in [-0.2, 0) is 0 Å². The maximum Gasteiger partial charge on any atom is 0.183 e. The van der Waals surface area contributed by atoms with E-state index in [1.54, 1.807) is 11.3 Å². The van der Waals surface area contributed by atoms with E-state index in [0.717, 1.165) is 23.1 Å². The van der Waals surface area contributed by atoms with Gasteiger partial charge in [-0.05, 0) is 30.9 Å². The first-order valence-corrected chi connectivity index (χ1v) is 5.83. The second-order valence-corrected chi connectivity index (χ2v) is 4.84. The van der Waals surface area contributed by atoms with E-state index >= 15 is 0 Å². The van der Waals surface area contributed by atoms with Crippen LogP contribution in [0.15, 0.2) is 24.3 Å². The lowest BCUT2D eigenvalue weighted by atomic mass is 10.3. The van der Waals surface area contributed by atoms with E-state index in [1.807, 2.05) is 6.07 Å². The molecule has 0 spiro atoms. The predicted molar refractivity (Wildman–Crippen MR) is 60.8 cm³/mol. The van der Waals surface area contributed by atoms with E-state index in [0.29, 0.717) is 0 Å². The molecule has 0 aliphatic heterocycles. The van der Waals surface area contributed by atoms with Gasteiger partial charge in [-0.3, -0.25) is 0 Å². The van der Waals surface area contributed by atoms with Crippen molar-refractivity contribution in [2.75, 3.05) is 11.9 Å². The summed E-state index contributed by atoms with van der Waals surface area (Å²) in [6.45, 7) is 1.10. The van der Waals surface area contributed by atoms with Crippen molar-refractivity contribution in [2.45, 2.75) is 12.8 Å². The molecular formula is C11H12N2S. The molecule has 0 saturated heterocycles. The summed E-state index contributed by atoms with van der Waals surface area (Å²) in [4.78, 5) is 4.52. The van der Waals surface area contributed by atoms with E-state index in [4.69, 9.17) is 0 Å². The monoisotopic (exact) mass is 204 g/mol. The number of aromatic nitrogens is 1. The van der Waals surface area contributed by atoms with Crippen LogP contribution in [0.4, 0.5) is 5.13 Å². The van der Waals surface area contributed by atoms with Crippen LogP contribution < -0.4 is 5.32 Å². The van der Waals surface area contributed by atoms with Gasteiger partial charge in [-0.15, -0.1) is 0 Å². The zero-order chi connectivity index (χ0) is 9.38. The normalized spacial score (nSPS) is 16.0. The van der Waals surface area contributed by atoms with Crippen molar-refractivity contribution in [3.05, 3.63) is 24.3 Å². The molecule has 72 valence electrons. The average molecular weight is 204 g/mol. The molecular weight excluding hydrogens is 192 g/mol. The summed E-state index contributed by atoms with van der Waals surface area (Å²) < 4.78 is 1.27. The van der Waals surface area contributed by atoms with Gasteiger partial charge in [-0.2, -0.15) is 0 Å². The van der Waals surface area contributed by atoms with Crippen LogP contribution in [0.25, 0.3) is 10.2 Å². The highest BCUT2D eigenvalue weighted by Crippen LogP contribution is 2.30. The predicted octanol–water partition coefficient (Wildman–Crippen LogP) is 3.12. The highest BCUT2D eigenvalue weighted by molar-refractivity contribution is 7.22. The minimum Gasteiger partial charge on any atom is -0.361 e. The Kier molecular flexibility index (Phi) is 1.91. The molecule has 0 atom stereocenters. The number of fused-ring (bicyclic) bond motifs is 1. The molecule has 3 heteroatoms. The first-order chi connectivity index (χ1) is 6.92. The summed E-state index contributed by atoms with van der Waals surface area (Å²) in [7, 11) is 0. The minimum absolute atomic E-state index is 0.905. The fraction of sp³-hybridized carbons (Fsp3) is 0.364. The van der Waals surface area contributed by atoms with Crippen molar-refractivity contribution in [3.8, 4) is 0 Å². The molecule has 2 aromatic rings. The van der Waals surface area contributed by atoms with Gasteiger partial charge in [0.15, 0.2) is 5.13 Å². The van der Waals surface area contributed by atoms with Gasteiger partial charge in [0.25, 0.3) is 0 Å². The Hall–Kier alpha value is -1.09. The average Bonchev–Trinajstić information content (AvgIpc) is 2.94. The lowest BCUT2D eigenvalue weighted by Gasteiger charge is -1.97. The maximum atomic E-state index is 4.52. The molecule has 0 amide bonds. The van der Waals surface area contributed by atoms with Gasteiger partial charge < -0.3 is 5.32 Å². The van der Waals surface area contributed by atoms with Crippen molar-refractivity contribution >= 4 is 26.7 Å². The van der Waals surface area contributed by atoms with Gasteiger partial charge in [0, 0.05) is 6.54 Å². The maximum absolute atomic E-state index is 4.52.